The molecule has 0 saturated heterocycles. The van der Waals surface area contributed by atoms with Crippen LogP contribution in [-0.4, -0.2) is 22.1 Å². The van der Waals surface area contributed by atoms with Gasteiger partial charge in [0.25, 0.3) is 0 Å². The van der Waals surface area contributed by atoms with E-state index in [1.165, 1.54) is 5.01 Å². The Hall–Kier alpha value is -0.260. The summed E-state index contributed by atoms with van der Waals surface area (Å²) in [6.45, 7) is 9.22. The second-order valence-corrected chi connectivity index (χ2v) is 3.38. The van der Waals surface area contributed by atoms with Crippen molar-refractivity contribution < 1.29 is 34.5 Å². The number of nitrogens with zero attached hydrogens (tertiary/aromatic N) is 3. The number of hydrogen-bond donors (Lipinski definition) is 0. The summed E-state index contributed by atoms with van der Waals surface area (Å²) in [7, 11) is 0. The van der Waals surface area contributed by atoms with E-state index in [4.69, 9.17) is 0 Å². The maximum absolute atomic E-state index is 10.9. The van der Waals surface area contributed by atoms with Crippen LogP contribution in [0.15, 0.2) is 17.9 Å². The molecule has 0 spiro atoms. The summed E-state index contributed by atoms with van der Waals surface area (Å²) in [6, 6.07) is 0. The van der Waals surface area contributed by atoms with Crippen molar-refractivity contribution in [3.05, 3.63) is 23.1 Å². The van der Waals surface area contributed by atoms with Gasteiger partial charge in [0.05, 0.1) is 12.1 Å². The average molecular weight is 195 g/mol. The fourth-order valence-corrected chi connectivity index (χ4v) is 0.767. The van der Waals surface area contributed by atoms with Gasteiger partial charge in [0.1, 0.15) is 0 Å². The Kier molecular flexibility index (Phi) is 7.30. The van der Waals surface area contributed by atoms with E-state index in [0.29, 0.717) is 6.54 Å². The number of hydrazine groups is 1. The Morgan fingerprint density at radius 3 is 2.23 bits per heavy atom. The van der Waals surface area contributed by atoms with Gasteiger partial charge in [-0.05, 0) is 26.0 Å². The molecule has 0 aromatic rings. The third kappa shape index (κ3) is 5.13. The molecule has 5 nitrogen and oxygen atoms in total. The van der Waals surface area contributed by atoms with Gasteiger partial charge in [-0.25, -0.2) is 0 Å². The van der Waals surface area contributed by atoms with Crippen LogP contribution in [0.2, 0.25) is 0 Å². The maximum atomic E-state index is 10.9. The van der Waals surface area contributed by atoms with Crippen LogP contribution in [-0.2, 0) is 0 Å². The van der Waals surface area contributed by atoms with Crippen molar-refractivity contribution in [2.45, 2.75) is 26.3 Å². The first-order valence-corrected chi connectivity index (χ1v) is 3.62. The first-order valence-electron chi connectivity index (χ1n) is 3.62. The van der Waals surface area contributed by atoms with Crippen LogP contribution in [0.25, 0.3) is 0 Å². The summed E-state index contributed by atoms with van der Waals surface area (Å²) in [5.41, 5.74) is -0.427. The molecule has 0 fully saturated rings. The van der Waals surface area contributed by atoms with E-state index >= 15 is 0 Å². The molecule has 0 aliphatic rings. The summed E-state index contributed by atoms with van der Waals surface area (Å²) >= 11 is 0. The van der Waals surface area contributed by atoms with E-state index in [1.54, 1.807) is 6.08 Å². The Labute approximate surface area is 101 Å². The standard InChI is InChI=1S/C7H15N3O2.Na/c1-5-6-9(7(2,3)4)10(12)8-11;/h5,11H,1,6H2,2-4H3;/q;+1/p-1/b10-8+;. The first kappa shape index (κ1) is 15.2. The van der Waals surface area contributed by atoms with Crippen LogP contribution in [0.1, 0.15) is 20.8 Å². The molecule has 0 bridgehead atoms. The summed E-state index contributed by atoms with van der Waals surface area (Å²) < 4.78 is 0. The molecule has 0 N–H and O–H groups in total. The zero-order valence-corrected chi connectivity index (χ0v) is 10.6. The molecule has 0 rings (SSSR count). The molecule has 0 radical (unpaired) electrons. The quantitative estimate of drug-likeness (QED) is 0.184. The van der Waals surface area contributed by atoms with Gasteiger partial charge in [0.2, 0.25) is 0 Å². The second kappa shape index (κ2) is 6.23. The van der Waals surface area contributed by atoms with Gasteiger partial charge in [-0.15, -0.1) is 11.6 Å². The van der Waals surface area contributed by atoms with Crippen LogP contribution < -0.4 is 29.6 Å². The summed E-state index contributed by atoms with van der Waals surface area (Å²) in [5.74, 6) is 0. The van der Waals surface area contributed by atoms with Crippen molar-refractivity contribution in [1.82, 2.24) is 5.01 Å². The largest absolute Gasteiger partial charge is 1.00 e. The first-order chi connectivity index (χ1) is 5.43. The van der Waals surface area contributed by atoms with Gasteiger partial charge in [-0.1, -0.05) is 6.08 Å². The Bertz CT molecular complexity index is 189. The predicted molar refractivity (Wildman–Crippen MR) is 46.1 cm³/mol. The minimum absolute atomic E-state index is 0. The topological polar surface area (TPSA) is 64.7 Å². The molecule has 0 saturated carbocycles. The molecule has 0 aliphatic heterocycles. The SMILES string of the molecule is C=CCN(/[N+]([O-])=N\[O-])C(C)(C)C.[Na+]. The van der Waals surface area contributed by atoms with E-state index in [0.717, 1.165) is 0 Å². The fraction of sp³-hybridized carbons (Fsp3) is 0.714. The van der Waals surface area contributed by atoms with Crippen molar-refractivity contribution in [2.75, 3.05) is 6.54 Å². The molecule has 0 amide bonds. The molecule has 0 unspecified atom stereocenters. The van der Waals surface area contributed by atoms with Gasteiger partial charge in [0, 0.05) is 4.97 Å². The van der Waals surface area contributed by atoms with Gasteiger partial charge in [0.15, 0.2) is 0 Å². The summed E-state index contributed by atoms with van der Waals surface area (Å²) in [6.07, 6.45) is 1.54. The van der Waals surface area contributed by atoms with Gasteiger partial charge in [-0.2, -0.15) is 0 Å². The molecule has 0 atom stereocenters. The van der Waals surface area contributed by atoms with Gasteiger partial charge in [-0.3, -0.25) is 0 Å². The molecule has 0 heterocycles. The molecular formula is C7H14N3NaO2. The van der Waals surface area contributed by atoms with Crippen LogP contribution in [0.3, 0.4) is 0 Å². The summed E-state index contributed by atoms with van der Waals surface area (Å²) in [5, 5.41) is 24.4. The van der Waals surface area contributed by atoms with Crippen molar-refractivity contribution in [2.24, 2.45) is 5.28 Å². The Morgan fingerprint density at radius 1 is 1.54 bits per heavy atom. The maximum Gasteiger partial charge on any atom is 1.00 e. The van der Waals surface area contributed by atoms with E-state index < -0.39 is 5.54 Å². The molecule has 70 valence electrons. The predicted octanol–water partition coefficient (Wildman–Crippen LogP) is -1.35. The molecular weight excluding hydrogens is 181 g/mol. The zero-order chi connectivity index (χ0) is 9.78. The number of hydrogen-bond acceptors (Lipinski definition) is 3. The molecule has 13 heavy (non-hydrogen) atoms. The molecule has 0 aromatic carbocycles. The minimum atomic E-state index is -0.427. The molecule has 6 heteroatoms. The van der Waals surface area contributed by atoms with E-state index in [1.807, 2.05) is 20.8 Å². The Balaban J connectivity index is 0. The molecule has 0 aliphatic carbocycles. The van der Waals surface area contributed by atoms with E-state index in [2.05, 4.69) is 11.9 Å². The Morgan fingerprint density at radius 2 is 2.00 bits per heavy atom. The van der Waals surface area contributed by atoms with Gasteiger partial charge < -0.3 is 10.4 Å². The average Bonchev–Trinajstić information content (AvgIpc) is 1.96. The molecule has 0 aromatic heterocycles. The monoisotopic (exact) mass is 195 g/mol. The van der Waals surface area contributed by atoms with Gasteiger partial charge >= 0.3 is 29.6 Å². The van der Waals surface area contributed by atoms with Crippen molar-refractivity contribution >= 4 is 0 Å². The third-order valence-electron chi connectivity index (χ3n) is 1.35. The zero-order valence-electron chi connectivity index (χ0n) is 8.65. The normalized spacial score (nSPS) is 11.8. The summed E-state index contributed by atoms with van der Waals surface area (Å²) in [4.78, 5) is 0.0433. The van der Waals surface area contributed by atoms with Crippen molar-refractivity contribution in [3.8, 4) is 0 Å². The van der Waals surface area contributed by atoms with Crippen LogP contribution >= 0.6 is 0 Å². The number of rotatable bonds is 3. The smallest absolute Gasteiger partial charge is 0.737 e. The minimum Gasteiger partial charge on any atom is -0.737 e. The van der Waals surface area contributed by atoms with Crippen molar-refractivity contribution in [1.29, 1.82) is 0 Å². The van der Waals surface area contributed by atoms with Crippen LogP contribution in [0, 0.1) is 10.4 Å². The van der Waals surface area contributed by atoms with E-state index in [-0.39, 0.29) is 34.5 Å². The van der Waals surface area contributed by atoms with E-state index in [9.17, 15) is 10.4 Å². The fourth-order valence-electron chi connectivity index (χ4n) is 0.767. The third-order valence-corrected chi connectivity index (χ3v) is 1.35. The second-order valence-electron chi connectivity index (χ2n) is 3.38. The van der Waals surface area contributed by atoms with Crippen molar-refractivity contribution in [3.63, 3.8) is 0 Å². The van der Waals surface area contributed by atoms with Crippen LogP contribution in [0.4, 0.5) is 0 Å². The van der Waals surface area contributed by atoms with Crippen LogP contribution in [0.5, 0.6) is 0 Å².